The Morgan fingerprint density at radius 3 is 3.00 bits per heavy atom. The molecule has 0 aliphatic carbocycles. The molecule has 84 valence electrons. The smallest absolute Gasteiger partial charge is 0.222 e. The number of halogens is 1. The van der Waals surface area contributed by atoms with E-state index in [1.54, 1.807) is 0 Å². The van der Waals surface area contributed by atoms with E-state index in [1.807, 2.05) is 0 Å². The van der Waals surface area contributed by atoms with Gasteiger partial charge in [0.15, 0.2) is 0 Å². The number of nitrogens with zero attached hydrogens (tertiary/aromatic N) is 2. The average molecular weight is 214 g/mol. The highest BCUT2D eigenvalue weighted by Gasteiger charge is 2.08. The number of nitrogen functional groups attached to an aromatic ring is 1. The molecule has 0 radical (unpaired) electrons. The van der Waals surface area contributed by atoms with E-state index in [4.69, 9.17) is 10.5 Å². The number of ether oxygens (including phenoxy) is 1. The zero-order chi connectivity index (χ0) is 11.1. The van der Waals surface area contributed by atoms with Crippen LogP contribution in [-0.2, 0) is 6.54 Å². The molecule has 0 unspecified atom stereocenters. The lowest BCUT2D eigenvalue weighted by Crippen LogP contribution is -2.17. The fourth-order valence-electron chi connectivity index (χ4n) is 1.16. The van der Waals surface area contributed by atoms with Crippen LogP contribution < -0.4 is 15.8 Å². The van der Waals surface area contributed by atoms with Gasteiger partial charge in [-0.25, -0.2) is 9.97 Å². The Balaban J connectivity index is 2.58. The van der Waals surface area contributed by atoms with Crippen LogP contribution in [0, 0.1) is 0 Å². The third kappa shape index (κ3) is 3.32. The molecular weight excluding hydrogens is 199 g/mol. The summed E-state index contributed by atoms with van der Waals surface area (Å²) in [4.78, 5) is 7.79. The summed E-state index contributed by atoms with van der Waals surface area (Å²) < 4.78 is 16.9. The third-order valence-corrected chi connectivity index (χ3v) is 1.92. The summed E-state index contributed by atoms with van der Waals surface area (Å²) >= 11 is 0. The van der Waals surface area contributed by atoms with Crippen LogP contribution >= 0.6 is 0 Å². The third-order valence-electron chi connectivity index (χ3n) is 1.92. The number of methoxy groups -OCH3 is 1. The van der Waals surface area contributed by atoms with Gasteiger partial charge in [-0.2, -0.15) is 0 Å². The largest absolute Gasteiger partial charge is 0.481 e. The molecule has 0 atom stereocenters. The van der Waals surface area contributed by atoms with Gasteiger partial charge in [0.05, 0.1) is 19.3 Å². The molecule has 0 aromatic carbocycles. The van der Waals surface area contributed by atoms with E-state index < -0.39 is 0 Å². The second-order valence-corrected chi connectivity index (χ2v) is 2.97. The highest BCUT2D eigenvalue weighted by Crippen LogP contribution is 2.18. The number of hydrogen-bond donors (Lipinski definition) is 2. The fourth-order valence-corrected chi connectivity index (χ4v) is 1.16. The summed E-state index contributed by atoms with van der Waals surface area (Å²) in [6, 6.07) is 0. The van der Waals surface area contributed by atoms with Crippen LogP contribution in [0.2, 0.25) is 0 Å². The number of hydrogen-bond acceptors (Lipinski definition) is 5. The van der Waals surface area contributed by atoms with Gasteiger partial charge in [0.1, 0.15) is 12.1 Å². The van der Waals surface area contributed by atoms with Crippen molar-refractivity contribution in [2.24, 2.45) is 0 Å². The zero-order valence-corrected chi connectivity index (χ0v) is 8.66. The monoisotopic (exact) mass is 214 g/mol. The summed E-state index contributed by atoms with van der Waals surface area (Å²) in [6.07, 6.45) is 1.83. The van der Waals surface area contributed by atoms with E-state index in [0.29, 0.717) is 36.8 Å². The second-order valence-electron chi connectivity index (χ2n) is 2.97. The van der Waals surface area contributed by atoms with Crippen LogP contribution in [0.1, 0.15) is 12.0 Å². The summed E-state index contributed by atoms with van der Waals surface area (Å²) in [5, 5.41) is 3.04. The van der Waals surface area contributed by atoms with Gasteiger partial charge in [-0.3, -0.25) is 4.39 Å². The molecule has 1 rings (SSSR count). The van der Waals surface area contributed by atoms with Crippen LogP contribution in [0.25, 0.3) is 0 Å². The first-order valence-corrected chi connectivity index (χ1v) is 4.69. The molecule has 0 amide bonds. The van der Waals surface area contributed by atoms with Crippen LogP contribution in [0.5, 0.6) is 5.88 Å². The number of aromatic nitrogens is 2. The number of rotatable bonds is 6. The molecule has 5 nitrogen and oxygen atoms in total. The Bertz CT molecular complexity index is 308. The van der Waals surface area contributed by atoms with Crippen molar-refractivity contribution in [1.29, 1.82) is 0 Å². The van der Waals surface area contributed by atoms with E-state index >= 15 is 0 Å². The highest BCUT2D eigenvalue weighted by molar-refractivity contribution is 5.44. The molecule has 0 fully saturated rings. The maximum Gasteiger partial charge on any atom is 0.222 e. The molecule has 0 saturated heterocycles. The SMILES string of the molecule is COc1ncnc(N)c1CNCCCF. The molecule has 0 aliphatic rings. The van der Waals surface area contributed by atoms with Gasteiger partial charge in [0, 0.05) is 6.54 Å². The molecule has 1 heterocycles. The topological polar surface area (TPSA) is 73.1 Å². The van der Waals surface area contributed by atoms with Crippen molar-refractivity contribution in [3.8, 4) is 5.88 Å². The van der Waals surface area contributed by atoms with Gasteiger partial charge < -0.3 is 15.8 Å². The van der Waals surface area contributed by atoms with Crippen molar-refractivity contribution in [2.45, 2.75) is 13.0 Å². The maximum absolute atomic E-state index is 11.8. The predicted molar refractivity (Wildman–Crippen MR) is 55.3 cm³/mol. The minimum Gasteiger partial charge on any atom is -0.481 e. The minimum atomic E-state index is -0.328. The quantitative estimate of drug-likeness (QED) is 0.675. The molecule has 0 saturated carbocycles. The first-order valence-electron chi connectivity index (χ1n) is 4.69. The highest BCUT2D eigenvalue weighted by atomic mass is 19.1. The van der Waals surface area contributed by atoms with Crippen LogP contribution in [0.4, 0.5) is 10.2 Å². The predicted octanol–water partition coefficient (Wildman–Crippen LogP) is 0.517. The Kier molecular flexibility index (Phi) is 4.76. The maximum atomic E-state index is 11.8. The molecule has 1 aromatic heterocycles. The zero-order valence-electron chi connectivity index (χ0n) is 8.66. The van der Waals surface area contributed by atoms with Crippen molar-refractivity contribution in [1.82, 2.24) is 15.3 Å². The van der Waals surface area contributed by atoms with Gasteiger partial charge in [0.2, 0.25) is 5.88 Å². The van der Waals surface area contributed by atoms with Crippen LogP contribution in [-0.4, -0.2) is 30.3 Å². The van der Waals surface area contributed by atoms with Gasteiger partial charge in [0.25, 0.3) is 0 Å². The summed E-state index contributed by atoms with van der Waals surface area (Å²) in [7, 11) is 1.52. The van der Waals surface area contributed by atoms with Crippen LogP contribution in [0.15, 0.2) is 6.33 Å². The average Bonchev–Trinajstić information content (AvgIpc) is 2.26. The first kappa shape index (κ1) is 11.6. The lowest BCUT2D eigenvalue weighted by molar-refractivity contribution is 0.389. The van der Waals surface area contributed by atoms with E-state index in [-0.39, 0.29) is 6.67 Å². The van der Waals surface area contributed by atoms with Crippen molar-refractivity contribution in [3.63, 3.8) is 0 Å². The molecule has 3 N–H and O–H groups in total. The summed E-state index contributed by atoms with van der Waals surface area (Å²) in [5.74, 6) is 0.838. The van der Waals surface area contributed by atoms with Crippen molar-refractivity contribution in [3.05, 3.63) is 11.9 Å². The van der Waals surface area contributed by atoms with E-state index in [1.165, 1.54) is 13.4 Å². The Labute approximate surface area is 87.9 Å². The number of nitrogens with one attached hydrogen (secondary N) is 1. The second kappa shape index (κ2) is 6.13. The van der Waals surface area contributed by atoms with Crippen LogP contribution in [0.3, 0.4) is 0 Å². The number of nitrogens with two attached hydrogens (primary N) is 1. The fraction of sp³-hybridized carbons (Fsp3) is 0.556. The molecular formula is C9H15FN4O. The molecule has 15 heavy (non-hydrogen) atoms. The van der Waals surface area contributed by atoms with E-state index in [2.05, 4.69) is 15.3 Å². The summed E-state index contributed by atoms with van der Waals surface area (Å²) in [5.41, 5.74) is 6.37. The van der Waals surface area contributed by atoms with Crippen molar-refractivity contribution in [2.75, 3.05) is 26.1 Å². The van der Waals surface area contributed by atoms with Gasteiger partial charge in [-0.15, -0.1) is 0 Å². The molecule has 0 bridgehead atoms. The number of alkyl halides is 1. The standard InChI is InChI=1S/C9H15FN4O/c1-15-9-7(5-12-4-2-3-10)8(11)13-6-14-9/h6,12H,2-5H2,1H3,(H2,11,13,14). The molecule has 6 heteroatoms. The van der Waals surface area contributed by atoms with Crippen molar-refractivity contribution < 1.29 is 9.13 Å². The lowest BCUT2D eigenvalue weighted by Gasteiger charge is -2.09. The molecule has 0 spiro atoms. The van der Waals surface area contributed by atoms with E-state index in [9.17, 15) is 4.39 Å². The molecule has 1 aromatic rings. The number of anilines is 1. The first-order chi connectivity index (χ1) is 7.29. The van der Waals surface area contributed by atoms with E-state index in [0.717, 1.165) is 0 Å². The van der Waals surface area contributed by atoms with Crippen molar-refractivity contribution >= 4 is 5.82 Å². The van der Waals surface area contributed by atoms with Gasteiger partial charge in [-0.1, -0.05) is 0 Å². The molecule has 0 aliphatic heterocycles. The Morgan fingerprint density at radius 2 is 2.33 bits per heavy atom. The lowest BCUT2D eigenvalue weighted by atomic mass is 10.3. The minimum absolute atomic E-state index is 0.328. The van der Waals surface area contributed by atoms with Gasteiger partial charge >= 0.3 is 0 Å². The normalized spacial score (nSPS) is 10.3. The summed E-state index contributed by atoms with van der Waals surface area (Å²) in [6.45, 7) is 0.745. The van der Waals surface area contributed by atoms with Gasteiger partial charge in [-0.05, 0) is 13.0 Å². The Hall–Kier alpha value is -1.43. The Morgan fingerprint density at radius 1 is 1.53 bits per heavy atom.